The average molecular weight is 565 g/mol. The third-order valence-corrected chi connectivity index (χ3v) is 6.36. The van der Waals surface area contributed by atoms with Crippen LogP contribution in [-0.4, -0.2) is 73.8 Å². The number of carbonyl (C=O) groups is 2. The molecule has 1 aliphatic rings. The quantitative estimate of drug-likeness (QED) is 0.435. The Kier molecular flexibility index (Phi) is 11.3. The number of rotatable bonds is 4. The van der Waals surface area contributed by atoms with Crippen molar-refractivity contribution >= 4 is 37.6 Å². The Bertz CT molecular complexity index is 652. The maximum atomic E-state index is 12.5. The zero-order valence-electron chi connectivity index (χ0n) is 16.4. The van der Waals surface area contributed by atoms with Gasteiger partial charge in [-0.15, -0.1) is 0 Å². The summed E-state index contributed by atoms with van der Waals surface area (Å²) in [5, 5.41) is 12.2. The summed E-state index contributed by atoms with van der Waals surface area (Å²) in [7, 11) is 1.90. The van der Waals surface area contributed by atoms with Crippen molar-refractivity contribution < 1.29 is 14.7 Å². The Morgan fingerprint density at radius 2 is 1.96 bits per heavy atom. The second-order valence-corrected chi connectivity index (χ2v) is 8.98. The van der Waals surface area contributed by atoms with E-state index < -0.39 is 12.0 Å². The van der Waals surface area contributed by atoms with Crippen LogP contribution in [0.3, 0.4) is 0 Å². The molecule has 2 N–H and O–H groups in total. The average Bonchev–Trinajstić information content (AvgIpc) is 2.68. The normalized spacial score (nSPS) is 17.2. The molecule has 3 radical (unpaired) electrons. The van der Waals surface area contributed by atoms with Crippen LogP contribution < -0.4 is 5.32 Å². The summed E-state index contributed by atoms with van der Waals surface area (Å²) in [6.07, 6.45) is 2.36. The Morgan fingerprint density at radius 3 is 2.52 bits per heavy atom. The summed E-state index contributed by atoms with van der Waals surface area (Å²) in [5.74, 6) is 5.61. The summed E-state index contributed by atoms with van der Waals surface area (Å²) in [4.78, 5) is 25.3. The van der Waals surface area contributed by atoms with Crippen molar-refractivity contribution in [3.8, 4) is 11.8 Å². The van der Waals surface area contributed by atoms with E-state index in [4.69, 9.17) is 0 Å². The van der Waals surface area contributed by atoms with Crippen molar-refractivity contribution in [2.75, 3.05) is 20.1 Å². The van der Waals surface area contributed by atoms with Crippen LogP contribution in [0.4, 0.5) is 0 Å². The molecule has 2 unspecified atom stereocenters. The molecule has 145 valence electrons. The fourth-order valence-electron chi connectivity index (χ4n) is 2.75. The van der Waals surface area contributed by atoms with Crippen LogP contribution in [-0.2, 0) is 9.59 Å². The number of carboxylic acid groups (broad SMARTS) is 1. The number of aliphatic carboxylic acids is 1. The van der Waals surface area contributed by atoms with Gasteiger partial charge in [-0.2, -0.15) is 0 Å². The second-order valence-electron chi connectivity index (χ2n) is 6.73. The van der Waals surface area contributed by atoms with Gasteiger partial charge >= 0.3 is 128 Å². The molecule has 1 amide bonds. The van der Waals surface area contributed by atoms with Crippen LogP contribution in [0.5, 0.6) is 0 Å². The Labute approximate surface area is 178 Å². The van der Waals surface area contributed by atoms with E-state index in [0.717, 1.165) is 24.9 Å². The molecule has 1 aliphatic heterocycles. The molecule has 6 heteroatoms. The first-order valence-electron chi connectivity index (χ1n) is 9.30. The molecule has 27 heavy (non-hydrogen) atoms. The summed E-state index contributed by atoms with van der Waals surface area (Å²) < 4.78 is -0.152. The SMILES string of the molecule is CNCC#CC(C)C.O=C(O)C1CCCCN1C(=O)[CH]([Pb])c1ccccc1. The van der Waals surface area contributed by atoms with Crippen LogP contribution in [0.2, 0.25) is 0 Å². The van der Waals surface area contributed by atoms with Crippen LogP contribution in [0.1, 0.15) is 42.2 Å². The first kappa shape index (κ1) is 23.6. The monoisotopic (exact) mass is 565 g/mol. The molecular weight excluding hydrogens is 535 g/mol. The van der Waals surface area contributed by atoms with E-state index in [-0.39, 0.29) is 9.38 Å². The number of amides is 1. The second kappa shape index (κ2) is 12.9. The van der Waals surface area contributed by atoms with Gasteiger partial charge in [0, 0.05) is 5.92 Å². The summed E-state index contributed by atoms with van der Waals surface area (Å²) in [6.45, 7) is 5.55. The van der Waals surface area contributed by atoms with Crippen LogP contribution >= 0.6 is 0 Å². The van der Waals surface area contributed by atoms with E-state index >= 15 is 0 Å². The molecule has 1 fully saturated rings. The number of likely N-dealkylation sites (tertiary alicyclic amines) is 1. The Morgan fingerprint density at radius 1 is 1.30 bits per heavy atom. The standard InChI is InChI=1S/C14H16NO3.C7H13N.Pb/c16-13(10-11-6-2-1-3-7-11)15-9-5-4-8-12(15)14(17)18;1-7(2)5-4-6-8-3;/h1-3,6-7,10,12H,4-5,8-9H2,(H,17,18);7-8H,6H2,1-3H3;. The number of hydrogen-bond donors (Lipinski definition) is 2. The topological polar surface area (TPSA) is 69.6 Å². The zero-order valence-corrected chi connectivity index (χ0v) is 20.3. The van der Waals surface area contributed by atoms with Crippen LogP contribution in [0, 0.1) is 17.8 Å². The van der Waals surface area contributed by atoms with Gasteiger partial charge < -0.3 is 5.32 Å². The molecule has 2 atom stereocenters. The number of benzene rings is 1. The molecule has 1 saturated heterocycles. The van der Waals surface area contributed by atoms with E-state index in [0.29, 0.717) is 44.7 Å². The van der Waals surface area contributed by atoms with Gasteiger partial charge in [0.15, 0.2) is 0 Å². The molecule has 0 aromatic heterocycles. The van der Waals surface area contributed by atoms with Crippen molar-refractivity contribution in [3.63, 3.8) is 0 Å². The number of piperidine rings is 1. The molecule has 1 heterocycles. The van der Waals surface area contributed by atoms with Crippen molar-refractivity contribution in [1.29, 1.82) is 0 Å². The molecule has 5 nitrogen and oxygen atoms in total. The van der Waals surface area contributed by atoms with Gasteiger partial charge in [-0.1, -0.05) is 25.7 Å². The van der Waals surface area contributed by atoms with Gasteiger partial charge in [-0.3, -0.25) is 0 Å². The van der Waals surface area contributed by atoms with Crippen molar-refractivity contribution in [2.24, 2.45) is 5.92 Å². The van der Waals surface area contributed by atoms with Crippen LogP contribution in [0.25, 0.3) is 0 Å². The molecule has 0 aliphatic carbocycles. The molecule has 0 bridgehead atoms. The number of carboxylic acids is 1. The van der Waals surface area contributed by atoms with Gasteiger partial charge in [0.25, 0.3) is 0 Å². The van der Waals surface area contributed by atoms with Gasteiger partial charge in [-0.05, 0) is 7.05 Å². The van der Waals surface area contributed by atoms with Gasteiger partial charge in [0.1, 0.15) is 0 Å². The van der Waals surface area contributed by atoms with E-state index in [9.17, 15) is 14.7 Å². The van der Waals surface area contributed by atoms with Gasteiger partial charge in [0.2, 0.25) is 0 Å². The number of hydrogen-bond acceptors (Lipinski definition) is 3. The number of nitrogens with one attached hydrogen (secondary N) is 1. The molecule has 1 aromatic rings. The fourth-order valence-corrected chi connectivity index (χ4v) is 4.14. The van der Waals surface area contributed by atoms with Crippen molar-refractivity contribution in [1.82, 2.24) is 10.2 Å². The molecule has 0 spiro atoms. The predicted molar refractivity (Wildman–Crippen MR) is 108 cm³/mol. The third kappa shape index (κ3) is 8.43. The van der Waals surface area contributed by atoms with E-state index in [1.54, 1.807) is 4.90 Å². The molecule has 1 aromatic carbocycles. The maximum absolute atomic E-state index is 12.5. The predicted octanol–water partition coefficient (Wildman–Crippen LogP) is 2.23. The summed E-state index contributed by atoms with van der Waals surface area (Å²) in [6, 6.07) is 8.99. The van der Waals surface area contributed by atoms with Crippen molar-refractivity contribution in [3.05, 3.63) is 35.9 Å². The van der Waals surface area contributed by atoms with E-state index in [1.165, 1.54) is 0 Å². The van der Waals surface area contributed by atoms with Gasteiger partial charge in [-0.25, -0.2) is 0 Å². The van der Waals surface area contributed by atoms with Gasteiger partial charge in [0.05, 0.1) is 6.54 Å². The minimum absolute atomic E-state index is 0.0232. The summed E-state index contributed by atoms with van der Waals surface area (Å²) in [5.41, 5.74) is 0.994. The zero-order chi connectivity index (χ0) is 20.2. The van der Waals surface area contributed by atoms with E-state index in [1.807, 2.05) is 37.4 Å². The molecule has 2 rings (SSSR count). The Balaban J connectivity index is 0.000000387. The third-order valence-electron chi connectivity index (χ3n) is 4.11. The first-order chi connectivity index (χ1) is 12.9. The fraction of sp³-hybridized carbons (Fsp3) is 0.524. The Hall–Kier alpha value is -1.40. The summed E-state index contributed by atoms with van der Waals surface area (Å²) >= 11 is 0.697. The van der Waals surface area contributed by atoms with Crippen LogP contribution in [0.15, 0.2) is 30.3 Å². The molecule has 0 saturated carbocycles. The number of carbonyl (C=O) groups excluding carboxylic acids is 1. The number of nitrogens with zero attached hydrogens (tertiary/aromatic N) is 1. The van der Waals surface area contributed by atoms with E-state index in [2.05, 4.69) is 31.0 Å². The first-order valence-corrected chi connectivity index (χ1v) is 11.5. The van der Waals surface area contributed by atoms with Crippen molar-refractivity contribution in [2.45, 2.75) is 42.6 Å². The molecular formula is C21H29N2O3Pb. The minimum atomic E-state index is -0.880.